The number of carboxylic acid groups (broad SMARTS) is 1. The molecule has 0 saturated heterocycles. The lowest BCUT2D eigenvalue weighted by atomic mass is 10.2. The molecule has 2 rings (SSSR count). The van der Waals surface area contributed by atoms with Gasteiger partial charge in [0.2, 0.25) is 0 Å². The van der Waals surface area contributed by atoms with E-state index in [1.807, 2.05) is 12.1 Å². The van der Waals surface area contributed by atoms with E-state index < -0.39 is 5.97 Å². The number of benzene rings is 1. The first-order chi connectivity index (χ1) is 12.1. The minimum absolute atomic E-state index is 0.0863. The summed E-state index contributed by atoms with van der Waals surface area (Å²) in [6.45, 7) is 1.03. The minimum atomic E-state index is -0.833. The van der Waals surface area contributed by atoms with Gasteiger partial charge < -0.3 is 24.3 Å². The Kier molecular flexibility index (Phi) is 7.03. The Morgan fingerprint density at radius 1 is 1.16 bits per heavy atom. The van der Waals surface area contributed by atoms with Gasteiger partial charge in [0.15, 0.2) is 5.76 Å². The number of hydrogen-bond donors (Lipinski definition) is 2. The average molecular weight is 347 g/mol. The van der Waals surface area contributed by atoms with Crippen LogP contribution in [0.2, 0.25) is 0 Å². The van der Waals surface area contributed by atoms with E-state index in [2.05, 4.69) is 5.32 Å². The molecule has 0 unspecified atom stereocenters. The molecule has 0 spiro atoms. The van der Waals surface area contributed by atoms with Crippen molar-refractivity contribution in [1.29, 1.82) is 0 Å². The molecular weight excluding hydrogens is 326 g/mol. The second kappa shape index (κ2) is 9.48. The van der Waals surface area contributed by atoms with Gasteiger partial charge in [-0.3, -0.25) is 9.59 Å². The fourth-order valence-corrected chi connectivity index (χ4v) is 2.11. The van der Waals surface area contributed by atoms with Crippen molar-refractivity contribution >= 4 is 11.9 Å². The Balaban J connectivity index is 1.76. The van der Waals surface area contributed by atoms with Crippen LogP contribution in [0.3, 0.4) is 0 Å². The molecule has 0 aliphatic carbocycles. The maximum absolute atomic E-state index is 12.0. The summed E-state index contributed by atoms with van der Waals surface area (Å²) in [5.41, 5.74) is 0.912. The maximum atomic E-state index is 12.0. The SMILES string of the molecule is COCc1ccc(C(=O)NCc2ccc(OCCCC(=O)O)cc2)o1. The van der Waals surface area contributed by atoms with Gasteiger partial charge in [0.25, 0.3) is 5.91 Å². The zero-order valence-electron chi connectivity index (χ0n) is 14.0. The van der Waals surface area contributed by atoms with E-state index in [0.717, 1.165) is 5.56 Å². The van der Waals surface area contributed by atoms with Crippen LogP contribution in [0.25, 0.3) is 0 Å². The maximum Gasteiger partial charge on any atom is 0.303 e. The first-order valence-corrected chi connectivity index (χ1v) is 7.88. The van der Waals surface area contributed by atoms with E-state index in [1.165, 1.54) is 0 Å². The zero-order chi connectivity index (χ0) is 18.1. The molecule has 0 aliphatic heterocycles. The van der Waals surface area contributed by atoms with Crippen molar-refractivity contribution in [2.75, 3.05) is 13.7 Å². The van der Waals surface area contributed by atoms with Crippen LogP contribution < -0.4 is 10.1 Å². The molecule has 2 aromatic rings. The van der Waals surface area contributed by atoms with Gasteiger partial charge in [-0.25, -0.2) is 0 Å². The second-order valence-electron chi connectivity index (χ2n) is 5.37. The van der Waals surface area contributed by atoms with Crippen LogP contribution >= 0.6 is 0 Å². The zero-order valence-corrected chi connectivity index (χ0v) is 14.0. The number of rotatable bonds is 10. The normalized spacial score (nSPS) is 10.4. The second-order valence-corrected chi connectivity index (χ2v) is 5.37. The molecule has 0 saturated carbocycles. The van der Waals surface area contributed by atoms with Gasteiger partial charge in [0.05, 0.1) is 6.61 Å². The number of ether oxygens (including phenoxy) is 2. The fraction of sp³-hybridized carbons (Fsp3) is 0.333. The number of hydrogen-bond acceptors (Lipinski definition) is 5. The van der Waals surface area contributed by atoms with Gasteiger partial charge in [-0.05, 0) is 36.2 Å². The van der Waals surface area contributed by atoms with Gasteiger partial charge >= 0.3 is 5.97 Å². The third kappa shape index (κ3) is 6.31. The van der Waals surface area contributed by atoms with Crippen molar-refractivity contribution in [3.63, 3.8) is 0 Å². The lowest BCUT2D eigenvalue weighted by Gasteiger charge is -2.07. The highest BCUT2D eigenvalue weighted by molar-refractivity contribution is 5.91. The summed E-state index contributed by atoms with van der Waals surface area (Å²) in [5, 5.41) is 11.3. The van der Waals surface area contributed by atoms with Crippen molar-refractivity contribution < 1.29 is 28.6 Å². The average Bonchev–Trinajstić information content (AvgIpc) is 3.06. The highest BCUT2D eigenvalue weighted by Crippen LogP contribution is 2.13. The summed E-state index contributed by atoms with van der Waals surface area (Å²) in [6.07, 6.45) is 0.546. The Morgan fingerprint density at radius 2 is 1.92 bits per heavy atom. The molecule has 134 valence electrons. The molecular formula is C18H21NO6. The smallest absolute Gasteiger partial charge is 0.303 e. The number of aliphatic carboxylic acids is 1. The molecule has 2 N–H and O–H groups in total. The van der Waals surface area contributed by atoms with Gasteiger partial charge in [-0.1, -0.05) is 12.1 Å². The fourth-order valence-electron chi connectivity index (χ4n) is 2.11. The summed E-state index contributed by atoms with van der Waals surface area (Å²) < 4.78 is 15.8. The van der Waals surface area contributed by atoms with Gasteiger partial charge in [0, 0.05) is 20.1 Å². The van der Waals surface area contributed by atoms with Crippen LogP contribution in [-0.4, -0.2) is 30.7 Å². The summed E-state index contributed by atoms with van der Waals surface area (Å²) >= 11 is 0. The number of nitrogens with one attached hydrogen (secondary N) is 1. The van der Waals surface area contributed by atoms with Crippen LogP contribution in [0.15, 0.2) is 40.8 Å². The quantitative estimate of drug-likeness (QED) is 0.641. The molecule has 0 radical (unpaired) electrons. The van der Waals surface area contributed by atoms with E-state index in [4.69, 9.17) is 19.0 Å². The molecule has 0 bridgehead atoms. The van der Waals surface area contributed by atoms with Crippen LogP contribution in [0, 0.1) is 0 Å². The molecule has 1 amide bonds. The summed E-state index contributed by atoms with van der Waals surface area (Å²) in [4.78, 5) is 22.4. The highest BCUT2D eigenvalue weighted by atomic mass is 16.5. The van der Waals surface area contributed by atoms with E-state index >= 15 is 0 Å². The Bertz CT molecular complexity index is 692. The lowest BCUT2D eigenvalue weighted by Crippen LogP contribution is -2.22. The topological polar surface area (TPSA) is 98.0 Å². The predicted molar refractivity (Wildman–Crippen MR) is 89.4 cm³/mol. The monoisotopic (exact) mass is 347 g/mol. The van der Waals surface area contributed by atoms with E-state index in [1.54, 1.807) is 31.4 Å². The minimum Gasteiger partial charge on any atom is -0.494 e. The van der Waals surface area contributed by atoms with Crippen molar-refractivity contribution in [3.05, 3.63) is 53.5 Å². The molecule has 0 fully saturated rings. The molecule has 25 heavy (non-hydrogen) atoms. The first-order valence-electron chi connectivity index (χ1n) is 7.88. The summed E-state index contributed by atoms with van der Waals surface area (Å²) in [5.74, 6) is 0.370. The van der Waals surface area contributed by atoms with Crippen LogP contribution in [0.4, 0.5) is 0 Å². The number of methoxy groups -OCH3 is 1. The van der Waals surface area contributed by atoms with Crippen molar-refractivity contribution in [3.8, 4) is 5.75 Å². The third-order valence-electron chi connectivity index (χ3n) is 3.35. The van der Waals surface area contributed by atoms with E-state index in [9.17, 15) is 9.59 Å². The third-order valence-corrected chi connectivity index (χ3v) is 3.35. The largest absolute Gasteiger partial charge is 0.494 e. The Labute approximate surface area is 145 Å². The van der Waals surface area contributed by atoms with Crippen molar-refractivity contribution in [2.24, 2.45) is 0 Å². The number of furan rings is 1. The van der Waals surface area contributed by atoms with Crippen LogP contribution in [0.5, 0.6) is 5.75 Å². The first kappa shape index (κ1) is 18.5. The van der Waals surface area contributed by atoms with Crippen molar-refractivity contribution in [2.45, 2.75) is 26.0 Å². The number of carbonyl (C=O) groups is 2. The van der Waals surface area contributed by atoms with E-state index in [-0.39, 0.29) is 18.1 Å². The Morgan fingerprint density at radius 3 is 2.60 bits per heavy atom. The number of amides is 1. The van der Waals surface area contributed by atoms with Crippen LogP contribution in [-0.2, 0) is 22.7 Å². The highest BCUT2D eigenvalue weighted by Gasteiger charge is 2.10. The van der Waals surface area contributed by atoms with Crippen molar-refractivity contribution in [1.82, 2.24) is 5.32 Å². The predicted octanol–water partition coefficient (Wildman–Crippen LogP) is 2.60. The van der Waals surface area contributed by atoms with Gasteiger partial charge in [-0.15, -0.1) is 0 Å². The summed E-state index contributed by atoms with van der Waals surface area (Å²) in [6, 6.07) is 10.6. The van der Waals surface area contributed by atoms with Gasteiger partial charge in [-0.2, -0.15) is 0 Å². The molecule has 7 nitrogen and oxygen atoms in total. The molecule has 1 aromatic carbocycles. The standard InChI is InChI=1S/C18H21NO6/c1-23-12-15-8-9-16(25-15)18(22)19-11-13-4-6-14(7-5-13)24-10-2-3-17(20)21/h4-9H,2-3,10-12H2,1H3,(H,19,22)(H,20,21). The van der Waals surface area contributed by atoms with Crippen LogP contribution in [0.1, 0.15) is 34.7 Å². The van der Waals surface area contributed by atoms with E-state index in [0.29, 0.717) is 37.7 Å². The number of carbonyl (C=O) groups excluding carboxylic acids is 1. The lowest BCUT2D eigenvalue weighted by molar-refractivity contribution is -0.137. The molecule has 7 heteroatoms. The number of carboxylic acids is 1. The molecule has 1 heterocycles. The van der Waals surface area contributed by atoms with Gasteiger partial charge in [0.1, 0.15) is 18.1 Å². The summed E-state index contributed by atoms with van der Waals surface area (Å²) in [7, 11) is 1.56. The molecule has 0 atom stereocenters. The molecule has 0 aliphatic rings. The Hall–Kier alpha value is -2.80. The molecule has 1 aromatic heterocycles.